The SMILES string of the molecule is [2H]C([2H])([2H])[C@@H](N)Cc1ccccc1. The minimum atomic E-state index is -2.06. The minimum Gasteiger partial charge on any atom is -0.328 e. The molecule has 1 aromatic carbocycles. The van der Waals surface area contributed by atoms with Gasteiger partial charge in [-0.3, -0.25) is 0 Å². The maximum atomic E-state index is 7.10. The molecule has 0 aliphatic carbocycles. The van der Waals surface area contributed by atoms with E-state index in [0.29, 0.717) is 6.42 Å². The van der Waals surface area contributed by atoms with Crippen molar-refractivity contribution in [3.05, 3.63) is 35.9 Å². The molecule has 0 bridgehead atoms. The van der Waals surface area contributed by atoms with Crippen molar-refractivity contribution in [2.45, 2.75) is 19.3 Å². The molecule has 2 N–H and O–H groups in total. The summed E-state index contributed by atoms with van der Waals surface area (Å²) in [4.78, 5) is 0. The molecule has 54 valence electrons. The lowest BCUT2D eigenvalue weighted by Crippen LogP contribution is -2.17. The van der Waals surface area contributed by atoms with E-state index in [-0.39, 0.29) is 0 Å². The first-order valence-electron chi connectivity index (χ1n) is 4.79. The molecule has 1 heteroatoms. The second-order valence-corrected chi connectivity index (χ2v) is 2.30. The van der Waals surface area contributed by atoms with Gasteiger partial charge in [-0.15, -0.1) is 0 Å². The van der Waals surface area contributed by atoms with Gasteiger partial charge in [0.15, 0.2) is 0 Å². The maximum absolute atomic E-state index is 7.10. The first-order chi connectivity index (χ1) is 6.00. The van der Waals surface area contributed by atoms with Gasteiger partial charge < -0.3 is 5.73 Å². The second kappa shape index (κ2) is 3.37. The van der Waals surface area contributed by atoms with Crippen LogP contribution in [0.5, 0.6) is 0 Å². The Hall–Kier alpha value is -0.820. The number of hydrogen-bond acceptors (Lipinski definition) is 1. The van der Waals surface area contributed by atoms with Gasteiger partial charge in [0, 0.05) is 10.2 Å². The molecule has 1 nitrogen and oxygen atoms in total. The third-order valence-electron chi connectivity index (χ3n) is 1.30. The molecule has 0 aliphatic heterocycles. The van der Waals surface area contributed by atoms with Crippen molar-refractivity contribution >= 4 is 0 Å². The summed E-state index contributed by atoms with van der Waals surface area (Å²) in [6.45, 7) is -2.06. The standard InChI is InChI=1S/C9H13N/c1-8(10)7-9-5-3-2-4-6-9/h2-6,8H,7,10H2,1H3/t8-/m1/s1/i1D3. The zero-order chi connectivity index (χ0) is 9.90. The second-order valence-electron chi connectivity index (χ2n) is 2.30. The Labute approximate surface area is 66.1 Å². The fourth-order valence-corrected chi connectivity index (χ4v) is 0.868. The predicted molar refractivity (Wildman–Crippen MR) is 43.8 cm³/mol. The lowest BCUT2D eigenvalue weighted by Gasteiger charge is -2.02. The lowest BCUT2D eigenvalue weighted by molar-refractivity contribution is 0.738. The van der Waals surface area contributed by atoms with Crippen molar-refractivity contribution < 1.29 is 4.11 Å². The van der Waals surface area contributed by atoms with Gasteiger partial charge in [-0.25, -0.2) is 0 Å². The summed E-state index contributed by atoms with van der Waals surface area (Å²) in [7, 11) is 0. The summed E-state index contributed by atoms with van der Waals surface area (Å²) in [5, 5.41) is 0. The highest BCUT2D eigenvalue weighted by atomic mass is 14.6. The summed E-state index contributed by atoms with van der Waals surface area (Å²) in [5.74, 6) is 0. The summed E-state index contributed by atoms with van der Waals surface area (Å²) in [6, 6.07) is 8.64. The minimum absolute atomic E-state index is 0.400. The molecule has 0 unspecified atom stereocenters. The van der Waals surface area contributed by atoms with Gasteiger partial charge in [-0.2, -0.15) is 0 Å². The maximum Gasteiger partial charge on any atom is 0.0246 e. The third kappa shape index (κ3) is 2.19. The normalized spacial score (nSPS) is 18.7. The highest BCUT2D eigenvalue weighted by Crippen LogP contribution is 2.00. The van der Waals surface area contributed by atoms with E-state index < -0.39 is 12.9 Å². The molecule has 0 heterocycles. The average Bonchev–Trinajstić information content (AvgIpc) is 2.04. The van der Waals surface area contributed by atoms with E-state index in [1.807, 2.05) is 30.3 Å². The van der Waals surface area contributed by atoms with Crippen LogP contribution >= 0.6 is 0 Å². The van der Waals surface area contributed by atoms with Crippen molar-refractivity contribution in [2.24, 2.45) is 5.73 Å². The molecule has 1 rings (SSSR count). The molecule has 10 heavy (non-hydrogen) atoms. The molecule has 1 atom stereocenters. The predicted octanol–water partition coefficient (Wildman–Crippen LogP) is 1.58. The number of benzene rings is 1. The highest BCUT2D eigenvalue weighted by Gasteiger charge is 1.94. The molecule has 0 amide bonds. The highest BCUT2D eigenvalue weighted by molar-refractivity contribution is 5.15. The van der Waals surface area contributed by atoms with Crippen LogP contribution in [0.3, 0.4) is 0 Å². The molecule has 0 saturated carbocycles. The van der Waals surface area contributed by atoms with Crippen molar-refractivity contribution in [1.82, 2.24) is 0 Å². The Kier molecular flexibility index (Phi) is 1.40. The summed E-state index contributed by atoms with van der Waals surface area (Å²) in [6.07, 6.45) is 0.400. The van der Waals surface area contributed by atoms with Crippen LogP contribution in [0, 0.1) is 0 Å². The van der Waals surface area contributed by atoms with Crippen LogP contribution in [0.2, 0.25) is 0 Å². The third-order valence-corrected chi connectivity index (χ3v) is 1.30. The monoisotopic (exact) mass is 138 g/mol. The zero-order valence-corrected chi connectivity index (χ0v) is 5.75. The van der Waals surface area contributed by atoms with Gasteiger partial charge in [0.05, 0.1) is 0 Å². The van der Waals surface area contributed by atoms with Gasteiger partial charge in [-0.1, -0.05) is 30.3 Å². The van der Waals surface area contributed by atoms with E-state index in [0.717, 1.165) is 5.56 Å². The Bertz CT molecular complexity index is 255. The fraction of sp³-hybridized carbons (Fsp3) is 0.333. The first kappa shape index (κ1) is 4.14. The molecular formula is C9H13N. The molecular weight excluding hydrogens is 122 g/mol. The van der Waals surface area contributed by atoms with Crippen LogP contribution in [0.15, 0.2) is 30.3 Å². The largest absolute Gasteiger partial charge is 0.328 e. The van der Waals surface area contributed by atoms with Crippen LogP contribution in [-0.4, -0.2) is 6.04 Å². The quantitative estimate of drug-likeness (QED) is 0.659. The molecule has 0 spiro atoms. The van der Waals surface area contributed by atoms with Gasteiger partial charge in [-0.05, 0) is 18.8 Å². The van der Waals surface area contributed by atoms with Crippen LogP contribution < -0.4 is 5.73 Å². The van der Waals surface area contributed by atoms with Crippen molar-refractivity contribution in [1.29, 1.82) is 0 Å². The van der Waals surface area contributed by atoms with E-state index in [1.165, 1.54) is 0 Å². The molecule has 0 aliphatic rings. The number of hydrogen-bond donors (Lipinski definition) is 1. The smallest absolute Gasteiger partial charge is 0.0246 e. The molecule has 1 aromatic rings. The Morgan fingerprint density at radius 1 is 1.50 bits per heavy atom. The number of rotatable bonds is 2. The topological polar surface area (TPSA) is 26.0 Å². The van der Waals surface area contributed by atoms with E-state index in [2.05, 4.69) is 0 Å². The van der Waals surface area contributed by atoms with E-state index >= 15 is 0 Å². The van der Waals surface area contributed by atoms with Gasteiger partial charge >= 0.3 is 0 Å². The lowest BCUT2D eigenvalue weighted by atomic mass is 10.1. The Morgan fingerprint density at radius 3 is 2.80 bits per heavy atom. The summed E-state index contributed by atoms with van der Waals surface area (Å²) < 4.78 is 21.3. The van der Waals surface area contributed by atoms with Crippen molar-refractivity contribution in [2.75, 3.05) is 0 Å². The molecule has 0 fully saturated rings. The van der Waals surface area contributed by atoms with E-state index in [1.54, 1.807) is 0 Å². The summed E-state index contributed by atoms with van der Waals surface area (Å²) in [5.41, 5.74) is 6.48. The first-order valence-corrected chi connectivity index (χ1v) is 3.29. The van der Waals surface area contributed by atoms with Gasteiger partial charge in [0.25, 0.3) is 0 Å². The van der Waals surface area contributed by atoms with Crippen molar-refractivity contribution in [3.63, 3.8) is 0 Å². The van der Waals surface area contributed by atoms with Crippen molar-refractivity contribution in [3.8, 4) is 0 Å². The van der Waals surface area contributed by atoms with Gasteiger partial charge in [0.2, 0.25) is 0 Å². The number of nitrogens with two attached hydrogens (primary N) is 1. The van der Waals surface area contributed by atoms with Crippen LogP contribution in [0.25, 0.3) is 0 Å². The van der Waals surface area contributed by atoms with Crippen LogP contribution in [0.4, 0.5) is 0 Å². The zero-order valence-electron chi connectivity index (χ0n) is 8.75. The molecule has 0 saturated heterocycles. The molecule has 0 aromatic heterocycles. The Balaban J connectivity index is 2.61. The van der Waals surface area contributed by atoms with E-state index in [4.69, 9.17) is 9.85 Å². The average molecular weight is 138 g/mol. The Morgan fingerprint density at radius 2 is 2.20 bits per heavy atom. The molecule has 0 radical (unpaired) electrons. The van der Waals surface area contributed by atoms with Crippen LogP contribution in [0.1, 0.15) is 16.5 Å². The van der Waals surface area contributed by atoms with Crippen LogP contribution in [-0.2, 0) is 6.42 Å². The van der Waals surface area contributed by atoms with E-state index in [9.17, 15) is 0 Å². The van der Waals surface area contributed by atoms with Gasteiger partial charge in [0.1, 0.15) is 0 Å². The summed E-state index contributed by atoms with van der Waals surface area (Å²) >= 11 is 0. The fourth-order valence-electron chi connectivity index (χ4n) is 0.868.